The highest BCUT2D eigenvalue weighted by molar-refractivity contribution is 7.99. The topological polar surface area (TPSA) is 77.5 Å². The standard InChI is InChI=1S/C21H22ClN5O2S/c1-4-17-18(24-25-27(17)13-6-9-15(29-3)10-7-13)20(28)19-16(22)11-8-14-12-23-21(26(14)19)30-5-2/h6-12,20,28H,4-5H2,1-3H3/t20-/m0/s1. The number of halogens is 1. The summed E-state index contributed by atoms with van der Waals surface area (Å²) in [6.07, 6.45) is 1.37. The number of benzene rings is 1. The van der Waals surface area contributed by atoms with Crippen molar-refractivity contribution in [1.29, 1.82) is 0 Å². The Bertz CT molecular complexity index is 1170. The molecule has 0 saturated carbocycles. The fourth-order valence-electron chi connectivity index (χ4n) is 3.46. The summed E-state index contributed by atoms with van der Waals surface area (Å²) in [4.78, 5) is 4.48. The zero-order valence-corrected chi connectivity index (χ0v) is 18.5. The summed E-state index contributed by atoms with van der Waals surface area (Å²) in [6.45, 7) is 4.06. The second kappa shape index (κ2) is 8.67. The number of imidazole rings is 1. The molecule has 0 fully saturated rings. The first-order valence-electron chi connectivity index (χ1n) is 9.64. The number of nitrogens with zero attached hydrogens (tertiary/aromatic N) is 5. The molecule has 0 aliphatic carbocycles. The van der Waals surface area contributed by atoms with E-state index in [0.29, 0.717) is 22.8 Å². The van der Waals surface area contributed by atoms with Gasteiger partial charge in [-0.3, -0.25) is 4.40 Å². The number of methoxy groups -OCH3 is 1. The van der Waals surface area contributed by atoms with E-state index in [9.17, 15) is 5.11 Å². The van der Waals surface area contributed by atoms with Crippen molar-refractivity contribution in [2.75, 3.05) is 12.9 Å². The highest BCUT2D eigenvalue weighted by Crippen LogP contribution is 2.33. The van der Waals surface area contributed by atoms with Gasteiger partial charge in [0.25, 0.3) is 0 Å². The third-order valence-electron chi connectivity index (χ3n) is 4.88. The zero-order chi connectivity index (χ0) is 21.3. The molecule has 0 aliphatic heterocycles. The molecule has 1 aromatic carbocycles. The molecule has 0 radical (unpaired) electrons. The van der Waals surface area contributed by atoms with Crippen LogP contribution in [0.5, 0.6) is 5.75 Å². The Balaban J connectivity index is 1.83. The molecule has 30 heavy (non-hydrogen) atoms. The Labute approximate surface area is 183 Å². The van der Waals surface area contributed by atoms with Crippen LogP contribution in [0.4, 0.5) is 0 Å². The molecule has 4 aromatic rings. The molecule has 1 N–H and O–H groups in total. The van der Waals surface area contributed by atoms with Crippen LogP contribution in [0.15, 0.2) is 47.8 Å². The van der Waals surface area contributed by atoms with Gasteiger partial charge in [-0.2, -0.15) is 0 Å². The molecule has 0 bridgehead atoms. The number of aromatic nitrogens is 5. The largest absolute Gasteiger partial charge is 0.497 e. The fourth-order valence-corrected chi connectivity index (χ4v) is 4.43. The summed E-state index contributed by atoms with van der Waals surface area (Å²) in [5, 5.41) is 21.2. The number of aliphatic hydroxyl groups is 1. The minimum atomic E-state index is -1.05. The van der Waals surface area contributed by atoms with E-state index in [1.165, 1.54) is 0 Å². The quantitative estimate of drug-likeness (QED) is 0.428. The molecule has 1 atom stereocenters. The number of hydrogen-bond donors (Lipinski definition) is 1. The van der Waals surface area contributed by atoms with Crippen molar-refractivity contribution in [3.63, 3.8) is 0 Å². The van der Waals surface area contributed by atoms with Crippen molar-refractivity contribution in [1.82, 2.24) is 24.4 Å². The SMILES string of the molecule is CCSc1ncc2ccc(Cl)c([C@@H](O)c3nnn(-c4ccc(OC)cc4)c3CC)n12. The molecular formula is C21H22ClN5O2S. The molecule has 156 valence electrons. The number of fused-ring (bicyclic) bond motifs is 1. The second-order valence-corrected chi connectivity index (χ2v) is 8.23. The van der Waals surface area contributed by atoms with Gasteiger partial charge in [-0.05, 0) is 48.6 Å². The predicted molar refractivity (Wildman–Crippen MR) is 118 cm³/mol. The van der Waals surface area contributed by atoms with Crippen LogP contribution in [0, 0.1) is 0 Å². The van der Waals surface area contributed by atoms with Gasteiger partial charge in [0, 0.05) is 0 Å². The molecule has 4 rings (SSSR count). The number of aliphatic hydroxyl groups excluding tert-OH is 1. The molecule has 9 heteroatoms. The zero-order valence-electron chi connectivity index (χ0n) is 16.9. The lowest BCUT2D eigenvalue weighted by molar-refractivity contribution is 0.207. The number of hydrogen-bond acceptors (Lipinski definition) is 6. The van der Waals surface area contributed by atoms with Gasteiger partial charge in [-0.25, -0.2) is 9.67 Å². The van der Waals surface area contributed by atoms with Crippen molar-refractivity contribution < 1.29 is 9.84 Å². The molecule has 0 unspecified atom stereocenters. The summed E-state index contributed by atoms with van der Waals surface area (Å²) in [6, 6.07) is 11.2. The van der Waals surface area contributed by atoms with Crippen LogP contribution in [0.25, 0.3) is 11.2 Å². The number of pyridine rings is 1. The maximum absolute atomic E-state index is 11.4. The van der Waals surface area contributed by atoms with Crippen LogP contribution in [-0.2, 0) is 6.42 Å². The summed E-state index contributed by atoms with van der Waals surface area (Å²) < 4.78 is 8.86. The minimum Gasteiger partial charge on any atom is -0.497 e. The Kier molecular flexibility index (Phi) is 5.99. The molecule has 7 nitrogen and oxygen atoms in total. The van der Waals surface area contributed by atoms with Gasteiger partial charge in [0.2, 0.25) is 0 Å². The van der Waals surface area contributed by atoms with Crippen molar-refractivity contribution in [3.05, 3.63) is 64.7 Å². The predicted octanol–water partition coefficient (Wildman–Crippen LogP) is 4.33. The van der Waals surface area contributed by atoms with E-state index in [0.717, 1.165) is 33.6 Å². The normalized spacial score (nSPS) is 12.4. The first-order chi connectivity index (χ1) is 14.6. The van der Waals surface area contributed by atoms with Gasteiger partial charge >= 0.3 is 0 Å². The average Bonchev–Trinajstić information content (AvgIpc) is 3.38. The molecule has 0 saturated heterocycles. The third kappa shape index (κ3) is 3.55. The number of thioether (sulfide) groups is 1. The van der Waals surface area contributed by atoms with Gasteiger partial charge in [0.1, 0.15) is 17.5 Å². The number of rotatable bonds is 7. The van der Waals surface area contributed by atoms with Crippen LogP contribution in [0.1, 0.15) is 37.0 Å². The highest BCUT2D eigenvalue weighted by Gasteiger charge is 2.26. The van der Waals surface area contributed by atoms with Gasteiger partial charge in [-0.1, -0.05) is 42.4 Å². The van der Waals surface area contributed by atoms with E-state index in [1.807, 2.05) is 41.7 Å². The molecular weight excluding hydrogens is 422 g/mol. The van der Waals surface area contributed by atoms with E-state index in [-0.39, 0.29) is 0 Å². The summed E-state index contributed by atoms with van der Waals surface area (Å²) in [7, 11) is 1.63. The van der Waals surface area contributed by atoms with E-state index < -0.39 is 6.10 Å². The smallest absolute Gasteiger partial charge is 0.172 e. The average molecular weight is 444 g/mol. The van der Waals surface area contributed by atoms with Gasteiger partial charge in [-0.15, -0.1) is 5.10 Å². The summed E-state index contributed by atoms with van der Waals surface area (Å²) in [5.74, 6) is 1.62. The van der Waals surface area contributed by atoms with Crippen molar-refractivity contribution >= 4 is 28.9 Å². The van der Waals surface area contributed by atoms with Crippen LogP contribution < -0.4 is 4.74 Å². The number of ether oxygens (including phenoxy) is 1. The lowest BCUT2D eigenvalue weighted by Crippen LogP contribution is -2.11. The highest BCUT2D eigenvalue weighted by atomic mass is 35.5. The Morgan fingerprint density at radius 2 is 1.93 bits per heavy atom. The summed E-state index contributed by atoms with van der Waals surface area (Å²) >= 11 is 8.13. The third-order valence-corrected chi connectivity index (χ3v) is 6.03. The van der Waals surface area contributed by atoms with Crippen LogP contribution in [0.2, 0.25) is 5.02 Å². The van der Waals surface area contributed by atoms with E-state index in [2.05, 4.69) is 22.2 Å². The van der Waals surface area contributed by atoms with Crippen molar-refractivity contribution in [3.8, 4) is 11.4 Å². The van der Waals surface area contributed by atoms with Crippen LogP contribution in [0.3, 0.4) is 0 Å². The molecule has 0 aliphatic rings. The molecule has 0 amide bonds. The van der Waals surface area contributed by atoms with Crippen molar-refractivity contribution in [2.45, 2.75) is 31.5 Å². The summed E-state index contributed by atoms with van der Waals surface area (Å²) in [5.41, 5.74) is 3.53. The maximum atomic E-state index is 11.4. The Hall–Kier alpha value is -2.55. The van der Waals surface area contributed by atoms with E-state index in [4.69, 9.17) is 16.3 Å². The van der Waals surface area contributed by atoms with E-state index in [1.54, 1.807) is 35.8 Å². The van der Waals surface area contributed by atoms with Gasteiger partial charge in [0.05, 0.1) is 40.9 Å². The van der Waals surface area contributed by atoms with E-state index >= 15 is 0 Å². The monoisotopic (exact) mass is 443 g/mol. The lowest BCUT2D eigenvalue weighted by Gasteiger charge is -2.16. The van der Waals surface area contributed by atoms with Gasteiger partial charge < -0.3 is 9.84 Å². The van der Waals surface area contributed by atoms with Gasteiger partial charge in [0.15, 0.2) is 5.16 Å². The van der Waals surface area contributed by atoms with Crippen LogP contribution in [-0.4, -0.2) is 42.3 Å². The van der Waals surface area contributed by atoms with Crippen molar-refractivity contribution in [2.24, 2.45) is 0 Å². The fraction of sp³-hybridized carbons (Fsp3) is 0.286. The Morgan fingerprint density at radius 3 is 2.60 bits per heavy atom. The minimum absolute atomic E-state index is 0.451. The Morgan fingerprint density at radius 1 is 1.17 bits per heavy atom. The lowest BCUT2D eigenvalue weighted by atomic mass is 10.1. The molecule has 0 spiro atoms. The molecule has 3 heterocycles. The van der Waals surface area contributed by atoms with Crippen LogP contribution >= 0.6 is 23.4 Å². The maximum Gasteiger partial charge on any atom is 0.172 e. The first-order valence-corrected chi connectivity index (χ1v) is 11.0. The first kappa shape index (κ1) is 20.7. The molecule has 3 aromatic heterocycles. The second-order valence-electron chi connectivity index (χ2n) is 6.59.